The van der Waals surface area contributed by atoms with Crippen LogP contribution in [0.15, 0.2) is 547 Å². The molecule has 22 aromatic rings. The summed E-state index contributed by atoms with van der Waals surface area (Å²) in [5.74, 6) is 0. The molecule has 644 valence electrons. The monoisotopic (exact) mass is 1930 g/mol. The molecule has 3 aliphatic carbocycles. The maximum Gasteiger partial charge on any atom is 0.0726 e. The van der Waals surface area contributed by atoms with Crippen LogP contribution in [0.5, 0.6) is 0 Å². The zero-order valence-corrected chi connectivity index (χ0v) is 79.0. The fraction of sp³-hybridized carbons (Fsp3) is 0.0154. The standard InChI is InChI=1S/C47H30BrN.C47H32BrN.C36H26BrN/c48-35-22-17-32(18-23-35)33-19-24-36(25-20-33)49(37-26-21-31-9-1-2-10-34(31)29-37)38-27-28-42-41-13-5-8-16-45(41)47(46(42)30-38)43-14-6-3-11-39(43)40-12-4-7-15-44(40)47;48-39-24-19-34(20-25-39)35-21-26-40(27-22-35)49(41-28-23-33-11-7-8-12-36(33)31-41)42-29-30-44-43-17-9-10-18-45(43)47(46(44)32-42,37-13-3-1-4-14-37)38-15-5-2-6-16-38;37-33-19-11-29(12-20-33)32-17-25-36(26-18-32)38(34-21-13-30(14-22-34)27-7-3-1-4-8-27)35-23-15-31(16-24-35)28-9-5-2-6-10-28/h1-30H;1-32H;1-26H. The number of anilines is 9. The highest BCUT2D eigenvalue weighted by Gasteiger charge is 2.52. The zero-order chi connectivity index (χ0) is 91.1. The third kappa shape index (κ3) is 15.6. The van der Waals surface area contributed by atoms with Gasteiger partial charge in [-0.25, -0.2) is 0 Å². The molecule has 0 aromatic heterocycles. The molecule has 0 fully saturated rings. The van der Waals surface area contributed by atoms with E-state index in [-0.39, 0.29) is 0 Å². The molecule has 136 heavy (non-hydrogen) atoms. The van der Waals surface area contributed by atoms with Crippen LogP contribution in [-0.2, 0) is 10.8 Å². The highest BCUT2D eigenvalue weighted by molar-refractivity contribution is 9.11. The molecule has 0 unspecified atom stereocenters. The van der Waals surface area contributed by atoms with E-state index in [1.54, 1.807) is 0 Å². The smallest absolute Gasteiger partial charge is 0.0726 e. The molecule has 0 saturated heterocycles. The van der Waals surface area contributed by atoms with Gasteiger partial charge in [-0.1, -0.05) is 436 Å². The summed E-state index contributed by atoms with van der Waals surface area (Å²) in [6.45, 7) is 0. The summed E-state index contributed by atoms with van der Waals surface area (Å²) < 4.78 is 3.25. The normalized spacial score (nSPS) is 12.3. The van der Waals surface area contributed by atoms with Crippen molar-refractivity contribution in [2.45, 2.75) is 10.8 Å². The second-order valence-corrected chi connectivity index (χ2v) is 37.7. The molecule has 3 aliphatic rings. The summed E-state index contributed by atoms with van der Waals surface area (Å²) in [6.07, 6.45) is 0. The van der Waals surface area contributed by atoms with Crippen LogP contribution >= 0.6 is 47.8 Å². The number of benzene rings is 22. The van der Waals surface area contributed by atoms with E-state index in [4.69, 9.17) is 0 Å². The maximum absolute atomic E-state index is 3.58. The van der Waals surface area contributed by atoms with E-state index in [0.717, 1.165) is 64.6 Å². The van der Waals surface area contributed by atoms with Gasteiger partial charge in [0.2, 0.25) is 0 Å². The first-order valence-corrected chi connectivity index (χ1v) is 48.6. The Labute approximate surface area is 819 Å². The van der Waals surface area contributed by atoms with E-state index in [9.17, 15) is 0 Å². The van der Waals surface area contributed by atoms with Crippen LogP contribution in [-0.4, -0.2) is 0 Å². The molecule has 0 heterocycles. The number of rotatable bonds is 16. The Morgan fingerprint density at radius 3 is 0.632 bits per heavy atom. The summed E-state index contributed by atoms with van der Waals surface area (Å²) in [5, 5.41) is 4.90. The molecule has 0 saturated carbocycles. The molecule has 0 N–H and O–H groups in total. The molecule has 25 rings (SSSR count). The second kappa shape index (κ2) is 36.6. The Balaban J connectivity index is 0.000000116. The van der Waals surface area contributed by atoms with E-state index >= 15 is 0 Å². The summed E-state index contributed by atoms with van der Waals surface area (Å²) in [6, 6.07) is 194. The molecule has 0 aliphatic heterocycles. The SMILES string of the molecule is Brc1ccc(-c2ccc(N(c3ccc(-c4ccccc4)cc3)c3ccc(-c4ccccc4)cc3)cc2)cc1.Brc1ccc(-c2ccc(N(c3ccc4c(c3)C(c3ccccc3)(c3ccccc3)c3ccccc3-4)c3ccc4ccccc4c3)cc2)cc1.Brc1ccc(-c2ccc(N(c3ccc4c(c3)C3(c5ccccc5-c5ccccc53)c3ccccc3-4)c3ccc4ccccc4c3)cc2)cc1. The van der Waals surface area contributed by atoms with Crippen molar-refractivity contribution in [1.29, 1.82) is 0 Å². The lowest BCUT2D eigenvalue weighted by Gasteiger charge is -2.35. The Hall–Kier alpha value is -15.8. The van der Waals surface area contributed by atoms with E-state index in [1.807, 2.05) is 0 Å². The van der Waals surface area contributed by atoms with E-state index in [1.165, 1.54) is 155 Å². The van der Waals surface area contributed by atoms with Crippen LogP contribution in [0.4, 0.5) is 51.2 Å². The quantitative estimate of drug-likeness (QED) is 0.0955. The van der Waals surface area contributed by atoms with Gasteiger partial charge >= 0.3 is 0 Å². The lowest BCUT2D eigenvalue weighted by molar-refractivity contribution is 0.768. The third-order valence-corrected chi connectivity index (χ3v) is 28.9. The van der Waals surface area contributed by atoms with Crippen LogP contribution in [0.3, 0.4) is 0 Å². The minimum absolute atomic E-state index is 0.393. The predicted molar refractivity (Wildman–Crippen MR) is 582 cm³/mol. The van der Waals surface area contributed by atoms with Crippen LogP contribution in [0, 0.1) is 0 Å². The first-order valence-electron chi connectivity index (χ1n) is 46.2. The Bertz CT molecular complexity index is 7660. The Morgan fingerprint density at radius 2 is 0.331 bits per heavy atom. The van der Waals surface area contributed by atoms with Gasteiger partial charge in [0, 0.05) is 64.6 Å². The van der Waals surface area contributed by atoms with Crippen molar-refractivity contribution >= 4 is 121 Å². The number of fused-ring (bicyclic) bond motifs is 15. The fourth-order valence-electron chi connectivity index (χ4n) is 21.0. The number of halogens is 3. The number of nitrogens with zero attached hydrogens (tertiary/aromatic N) is 3. The number of hydrogen-bond acceptors (Lipinski definition) is 3. The van der Waals surface area contributed by atoms with Gasteiger partial charge in [0.15, 0.2) is 0 Å². The van der Waals surface area contributed by atoms with Crippen molar-refractivity contribution < 1.29 is 0 Å². The van der Waals surface area contributed by atoms with Crippen LogP contribution in [0.2, 0.25) is 0 Å². The fourth-order valence-corrected chi connectivity index (χ4v) is 21.8. The zero-order valence-electron chi connectivity index (χ0n) is 74.3. The highest BCUT2D eigenvalue weighted by atomic mass is 79.9. The van der Waals surface area contributed by atoms with Crippen molar-refractivity contribution in [1.82, 2.24) is 0 Å². The van der Waals surface area contributed by atoms with Gasteiger partial charge in [-0.05, 0) is 301 Å². The molecule has 0 radical (unpaired) electrons. The highest BCUT2D eigenvalue weighted by Crippen LogP contribution is 2.64. The predicted octanol–water partition coefficient (Wildman–Crippen LogP) is 37.1. The van der Waals surface area contributed by atoms with Gasteiger partial charge in [-0.2, -0.15) is 0 Å². The molecule has 0 atom stereocenters. The van der Waals surface area contributed by atoms with Crippen molar-refractivity contribution in [3.63, 3.8) is 0 Å². The molecular formula is C130H88Br3N3. The average molecular weight is 1930 g/mol. The van der Waals surface area contributed by atoms with E-state index in [2.05, 4.69) is 596 Å². The van der Waals surface area contributed by atoms with Crippen molar-refractivity contribution in [2.75, 3.05) is 14.7 Å². The van der Waals surface area contributed by atoms with Crippen LogP contribution < -0.4 is 14.7 Å². The summed E-state index contributed by atoms with van der Waals surface area (Å²) >= 11 is 10.7. The average Bonchev–Trinajstić information content (AvgIpc) is 1.51. The van der Waals surface area contributed by atoms with Gasteiger partial charge in [-0.15, -0.1) is 0 Å². The largest absolute Gasteiger partial charge is 0.311 e. The molecule has 0 bridgehead atoms. The first kappa shape index (κ1) is 84.5. The topological polar surface area (TPSA) is 9.72 Å². The van der Waals surface area contributed by atoms with Crippen molar-refractivity contribution in [3.8, 4) is 89.0 Å². The van der Waals surface area contributed by atoms with Gasteiger partial charge in [-0.3, -0.25) is 0 Å². The molecule has 22 aromatic carbocycles. The van der Waals surface area contributed by atoms with Gasteiger partial charge in [0.05, 0.1) is 10.8 Å². The minimum atomic E-state index is -0.467. The molecular weight excluding hydrogens is 1840 g/mol. The minimum Gasteiger partial charge on any atom is -0.311 e. The first-order chi connectivity index (χ1) is 67.1. The van der Waals surface area contributed by atoms with Crippen molar-refractivity contribution in [2.24, 2.45) is 0 Å². The summed E-state index contributed by atoms with van der Waals surface area (Å²) in [5.41, 5.74) is 39.6. The molecule has 6 heteroatoms. The van der Waals surface area contributed by atoms with Crippen LogP contribution in [0.25, 0.3) is 111 Å². The lowest BCUT2D eigenvalue weighted by atomic mass is 9.67. The van der Waals surface area contributed by atoms with E-state index in [0.29, 0.717) is 0 Å². The number of hydrogen-bond donors (Lipinski definition) is 0. The van der Waals surface area contributed by atoms with Gasteiger partial charge in [0.1, 0.15) is 0 Å². The second-order valence-electron chi connectivity index (χ2n) is 34.9. The maximum atomic E-state index is 3.58. The third-order valence-electron chi connectivity index (χ3n) is 27.3. The molecule has 1 spiro atoms. The van der Waals surface area contributed by atoms with Crippen molar-refractivity contribution in [3.05, 3.63) is 592 Å². The summed E-state index contributed by atoms with van der Waals surface area (Å²) in [4.78, 5) is 7.14. The molecule has 3 nitrogen and oxygen atoms in total. The van der Waals surface area contributed by atoms with E-state index < -0.39 is 10.8 Å². The molecule has 0 amide bonds. The van der Waals surface area contributed by atoms with Crippen LogP contribution in [0.1, 0.15) is 44.5 Å². The lowest BCUT2D eigenvalue weighted by Crippen LogP contribution is -2.28. The van der Waals surface area contributed by atoms with Gasteiger partial charge in [0.25, 0.3) is 0 Å². The summed E-state index contributed by atoms with van der Waals surface area (Å²) in [7, 11) is 0. The Morgan fingerprint density at radius 1 is 0.132 bits per heavy atom. The van der Waals surface area contributed by atoms with Gasteiger partial charge < -0.3 is 14.7 Å². The Kier molecular flexibility index (Phi) is 22.8.